The maximum absolute atomic E-state index is 3.52. The normalized spacial score (nSPS) is 23.4. The minimum atomic E-state index is 0.660. The largest absolute Gasteiger partial charge is 0.313 e. The highest BCUT2D eigenvalue weighted by atomic mass is 15.2. The second kappa shape index (κ2) is 5.31. The first-order chi connectivity index (χ1) is 7.28. The second-order valence-electron chi connectivity index (χ2n) is 5.56. The van der Waals surface area contributed by atoms with Crippen molar-refractivity contribution < 1.29 is 0 Å². The van der Waals surface area contributed by atoms with Gasteiger partial charge in [0.05, 0.1) is 0 Å². The van der Waals surface area contributed by atoms with Gasteiger partial charge < -0.3 is 10.2 Å². The quantitative estimate of drug-likeness (QED) is 0.660. The van der Waals surface area contributed by atoms with E-state index in [9.17, 15) is 0 Å². The van der Waals surface area contributed by atoms with Crippen LogP contribution in [-0.4, -0.2) is 37.1 Å². The summed E-state index contributed by atoms with van der Waals surface area (Å²) in [6.45, 7) is 9.60. The summed E-state index contributed by atoms with van der Waals surface area (Å²) >= 11 is 0. The third kappa shape index (κ3) is 4.52. The molecule has 0 bridgehead atoms. The Morgan fingerprint density at radius 1 is 1.13 bits per heavy atom. The topological polar surface area (TPSA) is 15.3 Å². The van der Waals surface area contributed by atoms with E-state index in [2.05, 4.69) is 24.1 Å². The van der Waals surface area contributed by atoms with Crippen molar-refractivity contribution in [1.29, 1.82) is 0 Å². The highest BCUT2D eigenvalue weighted by molar-refractivity contribution is 4.83. The first-order valence-corrected chi connectivity index (χ1v) is 6.73. The van der Waals surface area contributed by atoms with E-state index >= 15 is 0 Å². The van der Waals surface area contributed by atoms with Crippen molar-refractivity contribution in [2.75, 3.05) is 26.2 Å². The van der Waals surface area contributed by atoms with Gasteiger partial charge in [0.15, 0.2) is 0 Å². The van der Waals surface area contributed by atoms with Crippen LogP contribution in [0.25, 0.3) is 0 Å². The van der Waals surface area contributed by atoms with Gasteiger partial charge in [-0.2, -0.15) is 0 Å². The van der Waals surface area contributed by atoms with Crippen molar-refractivity contribution in [2.45, 2.75) is 45.6 Å². The van der Waals surface area contributed by atoms with E-state index in [0.717, 1.165) is 18.4 Å². The first-order valence-electron chi connectivity index (χ1n) is 6.73. The summed E-state index contributed by atoms with van der Waals surface area (Å²) in [5.74, 6) is 2.08. The van der Waals surface area contributed by atoms with Crippen LogP contribution in [-0.2, 0) is 0 Å². The number of rotatable bonds is 8. The minimum Gasteiger partial charge on any atom is -0.313 e. The predicted molar refractivity (Wildman–Crippen MR) is 65.0 cm³/mol. The van der Waals surface area contributed by atoms with Crippen LogP contribution in [0.1, 0.15) is 39.5 Å². The Bertz CT molecular complexity index is 171. The fraction of sp³-hybridized carbons (Fsp3) is 1.00. The molecule has 0 aromatic rings. The third-order valence-corrected chi connectivity index (χ3v) is 3.51. The lowest BCUT2D eigenvalue weighted by Crippen LogP contribution is -2.40. The molecular formula is C13H26N2. The number of nitrogens with zero attached hydrogens (tertiary/aromatic N) is 1. The Morgan fingerprint density at radius 2 is 1.67 bits per heavy atom. The Morgan fingerprint density at radius 3 is 2.07 bits per heavy atom. The highest BCUT2D eigenvalue weighted by Crippen LogP contribution is 2.33. The van der Waals surface area contributed by atoms with Crippen LogP contribution in [0.3, 0.4) is 0 Å². The van der Waals surface area contributed by atoms with Crippen molar-refractivity contribution in [3.05, 3.63) is 0 Å². The molecule has 0 aromatic heterocycles. The highest BCUT2D eigenvalue weighted by Gasteiger charge is 2.29. The number of hydrogen-bond acceptors (Lipinski definition) is 2. The van der Waals surface area contributed by atoms with Gasteiger partial charge in [-0.3, -0.25) is 0 Å². The SMILES string of the molecule is CCNC(C)CN(CC1CC1)CC1CC1. The zero-order chi connectivity index (χ0) is 10.7. The van der Waals surface area contributed by atoms with Gasteiger partial charge in [-0.15, -0.1) is 0 Å². The second-order valence-corrected chi connectivity index (χ2v) is 5.56. The molecule has 1 N–H and O–H groups in total. The van der Waals surface area contributed by atoms with Crippen molar-refractivity contribution in [1.82, 2.24) is 10.2 Å². The van der Waals surface area contributed by atoms with E-state index in [1.807, 2.05) is 0 Å². The van der Waals surface area contributed by atoms with Crippen molar-refractivity contribution in [2.24, 2.45) is 11.8 Å². The molecule has 2 heteroatoms. The monoisotopic (exact) mass is 210 g/mol. The summed E-state index contributed by atoms with van der Waals surface area (Å²) in [6, 6.07) is 0.660. The van der Waals surface area contributed by atoms with Crippen molar-refractivity contribution in [3.8, 4) is 0 Å². The number of hydrogen-bond donors (Lipinski definition) is 1. The van der Waals surface area contributed by atoms with Gasteiger partial charge in [-0.1, -0.05) is 6.92 Å². The molecule has 2 rings (SSSR count). The molecular weight excluding hydrogens is 184 g/mol. The van der Waals surface area contributed by atoms with E-state index in [4.69, 9.17) is 0 Å². The molecule has 1 unspecified atom stereocenters. The van der Waals surface area contributed by atoms with Gasteiger partial charge in [-0.25, -0.2) is 0 Å². The van der Waals surface area contributed by atoms with Gasteiger partial charge in [0.25, 0.3) is 0 Å². The van der Waals surface area contributed by atoms with E-state index in [-0.39, 0.29) is 0 Å². The molecule has 15 heavy (non-hydrogen) atoms. The fourth-order valence-electron chi connectivity index (χ4n) is 2.36. The van der Waals surface area contributed by atoms with Gasteiger partial charge in [0, 0.05) is 25.7 Å². The molecule has 2 fully saturated rings. The Balaban J connectivity index is 1.69. The van der Waals surface area contributed by atoms with E-state index in [1.165, 1.54) is 45.3 Å². The molecule has 0 saturated heterocycles. The zero-order valence-corrected chi connectivity index (χ0v) is 10.3. The fourth-order valence-corrected chi connectivity index (χ4v) is 2.36. The average molecular weight is 210 g/mol. The van der Waals surface area contributed by atoms with E-state index in [0.29, 0.717) is 6.04 Å². The summed E-state index contributed by atoms with van der Waals surface area (Å²) in [6.07, 6.45) is 5.93. The molecule has 2 aliphatic rings. The van der Waals surface area contributed by atoms with Gasteiger partial charge in [-0.05, 0) is 51.0 Å². The summed E-state index contributed by atoms with van der Waals surface area (Å²) < 4.78 is 0. The Hall–Kier alpha value is -0.0800. The molecule has 0 heterocycles. The van der Waals surface area contributed by atoms with E-state index < -0.39 is 0 Å². The molecule has 2 saturated carbocycles. The lowest BCUT2D eigenvalue weighted by atomic mass is 10.2. The van der Waals surface area contributed by atoms with Gasteiger partial charge in [0.2, 0.25) is 0 Å². The number of nitrogens with one attached hydrogen (secondary N) is 1. The number of likely N-dealkylation sites (N-methyl/N-ethyl adjacent to an activating group) is 1. The lowest BCUT2D eigenvalue weighted by Gasteiger charge is -2.26. The summed E-state index contributed by atoms with van der Waals surface area (Å²) in [5.41, 5.74) is 0. The average Bonchev–Trinajstić information content (AvgIpc) is 2.99. The lowest BCUT2D eigenvalue weighted by molar-refractivity contribution is 0.230. The van der Waals surface area contributed by atoms with Crippen LogP contribution in [0.2, 0.25) is 0 Å². The molecule has 2 aliphatic carbocycles. The molecule has 0 aromatic carbocycles. The molecule has 0 spiro atoms. The van der Waals surface area contributed by atoms with Gasteiger partial charge >= 0.3 is 0 Å². The minimum absolute atomic E-state index is 0.660. The molecule has 0 amide bonds. The smallest absolute Gasteiger partial charge is 0.0166 e. The summed E-state index contributed by atoms with van der Waals surface area (Å²) in [4.78, 5) is 2.71. The predicted octanol–water partition coefficient (Wildman–Crippen LogP) is 2.11. The Kier molecular flexibility index (Phi) is 4.04. The van der Waals surface area contributed by atoms with Crippen molar-refractivity contribution >= 4 is 0 Å². The maximum atomic E-state index is 3.52. The van der Waals surface area contributed by atoms with Crippen molar-refractivity contribution in [3.63, 3.8) is 0 Å². The Labute approximate surface area is 94.4 Å². The molecule has 1 atom stereocenters. The summed E-state index contributed by atoms with van der Waals surface area (Å²) in [5, 5.41) is 3.52. The van der Waals surface area contributed by atoms with E-state index in [1.54, 1.807) is 0 Å². The van der Waals surface area contributed by atoms with Crippen LogP contribution >= 0.6 is 0 Å². The van der Waals surface area contributed by atoms with Gasteiger partial charge in [0.1, 0.15) is 0 Å². The maximum Gasteiger partial charge on any atom is 0.0166 e. The molecule has 88 valence electrons. The zero-order valence-electron chi connectivity index (χ0n) is 10.3. The molecule has 0 radical (unpaired) electrons. The van der Waals surface area contributed by atoms with Crippen LogP contribution in [0.5, 0.6) is 0 Å². The van der Waals surface area contributed by atoms with Crippen LogP contribution in [0.4, 0.5) is 0 Å². The molecule has 0 aliphatic heterocycles. The van der Waals surface area contributed by atoms with Crippen LogP contribution in [0.15, 0.2) is 0 Å². The standard InChI is InChI=1S/C13H26N2/c1-3-14-11(2)8-15(9-12-4-5-12)10-13-6-7-13/h11-14H,3-10H2,1-2H3. The first kappa shape index (κ1) is 11.4. The molecule has 2 nitrogen and oxygen atoms in total. The summed E-state index contributed by atoms with van der Waals surface area (Å²) in [7, 11) is 0. The van der Waals surface area contributed by atoms with Crippen LogP contribution in [0, 0.1) is 11.8 Å². The third-order valence-electron chi connectivity index (χ3n) is 3.51. The van der Waals surface area contributed by atoms with Crippen LogP contribution < -0.4 is 5.32 Å².